The van der Waals surface area contributed by atoms with Crippen molar-refractivity contribution in [3.05, 3.63) is 47.3 Å². The summed E-state index contributed by atoms with van der Waals surface area (Å²) in [7, 11) is 0. The van der Waals surface area contributed by atoms with Gasteiger partial charge in [0.2, 0.25) is 18.6 Å². The molecule has 1 aliphatic heterocycles. The molecule has 1 aliphatic rings. The SMILES string of the molecule is CC(=O)NNC(=O)COc1nc(-c2cccs2)cc(-c2ccc3c(c2)OCO3)c1C#N. The van der Waals surface area contributed by atoms with Gasteiger partial charge in [-0.05, 0) is 35.2 Å². The molecule has 0 unspecified atom stereocenters. The number of hydrogen-bond donors (Lipinski definition) is 2. The number of hydrogen-bond acceptors (Lipinski definition) is 8. The van der Waals surface area contributed by atoms with Gasteiger partial charge in [0.05, 0.1) is 10.6 Å². The summed E-state index contributed by atoms with van der Waals surface area (Å²) < 4.78 is 16.4. The maximum absolute atomic E-state index is 11.9. The van der Waals surface area contributed by atoms with Gasteiger partial charge in [-0.3, -0.25) is 20.4 Å². The maximum atomic E-state index is 11.9. The molecule has 0 fully saturated rings. The Kier molecular flexibility index (Phi) is 5.68. The second-order valence-electron chi connectivity index (χ2n) is 6.41. The van der Waals surface area contributed by atoms with Crippen LogP contribution in [0.5, 0.6) is 17.4 Å². The van der Waals surface area contributed by atoms with Gasteiger partial charge in [0.25, 0.3) is 5.91 Å². The largest absolute Gasteiger partial charge is 0.467 e. The fraction of sp³-hybridized carbons (Fsp3) is 0.143. The number of aromatic nitrogens is 1. The smallest absolute Gasteiger partial charge is 0.276 e. The van der Waals surface area contributed by atoms with Crippen LogP contribution in [0.4, 0.5) is 0 Å². The molecule has 2 amide bonds. The van der Waals surface area contributed by atoms with Gasteiger partial charge in [-0.2, -0.15) is 5.26 Å². The molecule has 31 heavy (non-hydrogen) atoms. The monoisotopic (exact) mass is 436 g/mol. The molecular weight excluding hydrogens is 420 g/mol. The van der Waals surface area contributed by atoms with Gasteiger partial charge in [-0.15, -0.1) is 11.3 Å². The Morgan fingerprint density at radius 2 is 2.06 bits per heavy atom. The van der Waals surface area contributed by atoms with E-state index in [4.69, 9.17) is 14.2 Å². The number of carbonyl (C=O) groups excluding carboxylic acids is 2. The lowest BCUT2D eigenvalue weighted by Gasteiger charge is -2.13. The molecule has 2 aromatic heterocycles. The quantitative estimate of drug-likeness (QED) is 0.590. The Balaban J connectivity index is 1.72. The Hall–Kier alpha value is -4.10. The first-order valence-corrected chi connectivity index (χ1v) is 10.0. The molecule has 0 saturated heterocycles. The van der Waals surface area contributed by atoms with E-state index in [1.54, 1.807) is 18.2 Å². The molecule has 0 saturated carbocycles. The molecule has 4 rings (SSSR count). The minimum atomic E-state index is -0.591. The predicted octanol–water partition coefficient (Wildman–Crippen LogP) is 2.62. The van der Waals surface area contributed by atoms with E-state index in [0.29, 0.717) is 28.3 Å². The average molecular weight is 436 g/mol. The van der Waals surface area contributed by atoms with Crippen molar-refractivity contribution in [1.29, 1.82) is 5.26 Å². The summed E-state index contributed by atoms with van der Waals surface area (Å²) in [6, 6.07) is 13.1. The first-order valence-electron chi connectivity index (χ1n) is 9.12. The topological polar surface area (TPSA) is 123 Å². The lowest BCUT2D eigenvalue weighted by molar-refractivity contribution is -0.129. The second-order valence-corrected chi connectivity index (χ2v) is 7.36. The van der Waals surface area contributed by atoms with Crippen LogP contribution in [0.1, 0.15) is 12.5 Å². The zero-order valence-corrected chi connectivity index (χ0v) is 17.1. The van der Waals surface area contributed by atoms with Crippen LogP contribution in [0.2, 0.25) is 0 Å². The fourth-order valence-corrected chi connectivity index (χ4v) is 3.59. The Morgan fingerprint density at radius 1 is 1.23 bits per heavy atom. The summed E-state index contributed by atoms with van der Waals surface area (Å²) in [5.74, 6) is 0.203. The van der Waals surface area contributed by atoms with E-state index in [1.807, 2.05) is 23.6 Å². The number of ether oxygens (including phenoxy) is 3. The van der Waals surface area contributed by atoms with E-state index in [0.717, 1.165) is 4.88 Å². The molecule has 0 spiro atoms. The summed E-state index contributed by atoms with van der Waals surface area (Å²) in [6.45, 7) is 0.966. The second kappa shape index (κ2) is 8.73. The first kappa shape index (κ1) is 20.2. The highest BCUT2D eigenvalue weighted by molar-refractivity contribution is 7.13. The Morgan fingerprint density at radius 3 is 2.81 bits per heavy atom. The number of rotatable bonds is 5. The third kappa shape index (κ3) is 4.41. The first-order chi connectivity index (χ1) is 15.0. The van der Waals surface area contributed by atoms with E-state index >= 15 is 0 Å². The van der Waals surface area contributed by atoms with Gasteiger partial charge in [-0.1, -0.05) is 12.1 Å². The third-order valence-electron chi connectivity index (χ3n) is 4.27. The van der Waals surface area contributed by atoms with Crippen molar-refractivity contribution < 1.29 is 23.8 Å². The summed E-state index contributed by atoms with van der Waals surface area (Å²) >= 11 is 1.49. The lowest BCUT2D eigenvalue weighted by Crippen LogP contribution is -2.42. The minimum absolute atomic E-state index is 0.0130. The predicted molar refractivity (Wildman–Crippen MR) is 111 cm³/mol. The van der Waals surface area contributed by atoms with Gasteiger partial charge >= 0.3 is 0 Å². The summed E-state index contributed by atoms with van der Waals surface area (Å²) in [4.78, 5) is 28.2. The average Bonchev–Trinajstić information content (AvgIpc) is 3.47. The lowest BCUT2D eigenvalue weighted by atomic mass is 10.00. The number of hydrazine groups is 1. The number of thiophene rings is 1. The number of amides is 2. The van der Waals surface area contributed by atoms with Crippen LogP contribution in [-0.4, -0.2) is 30.2 Å². The van der Waals surface area contributed by atoms with Crippen molar-refractivity contribution in [1.82, 2.24) is 15.8 Å². The van der Waals surface area contributed by atoms with E-state index < -0.39 is 18.4 Å². The zero-order valence-electron chi connectivity index (χ0n) is 16.3. The molecule has 3 aromatic rings. The number of benzene rings is 1. The molecule has 0 bridgehead atoms. The Labute approximate surface area is 181 Å². The van der Waals surface area contributed by atoms with Gasteiger partial charge < -0.3 is 14.2 Å². The van der Waals surface area contributed by atoms with Crippen LogP contribution in [0.25, 0.3) is 21.7 Å². The molecule has 9 nitrogen and oxygen atoms in total. The van der Waals surface area contributed by atoms with E-state index in [1.165, 1.54) is 18.3 Å². The van der Waals surface area contributed by atoms with Gasteiger partial charge in [0, 0.05) is 12.5 Å². The molecule has 3 heterocycles. The summed E-state index contributed by atoms with van der Waals surface area (Å²) in [5.41, 5.74) is 6.45. The number of pyridine rings is 1. The van der Waals surface area contributed by atoms with E-state index in [9.17, 15) is 14.9 Å². The summed E-state index contributed by atoms with van der Waals surface area (Å²) in [5, 5.41) is 11.7. The number of nitrogens with one attached hydrogen (secondary N) is 2. The number of nitrogens with zero attached hydrogens (tertiary/aromatic N) is 2. The molecule has 2 N–H and O–H groups in total. The number of fused-ring (bicyclic) bond motifs is 1. The van der Waals surface area contributed by atoms with Crippen LogP contribution in [0.3, 0.4) is 0 Å². The molecule has 1 aromatic carbocycles. The zero-order chi connectivity index (χ0) is 21.8. The van der Waals surface area contributed by atoms with Crippen LogP contribution >= 0.6 is 11.3 Å². The van der Waals surface area contributed by atoms with Crippen LogP contribution in [0.15, 0.2) is 41.8 Å². The molecule has 0 radical (unpaired) electrons. The van der Waals surface area contributed by atoms with Crippen LogP contribution < -0.4 is 25.1 Å². The number of carbonyl (C=O) groups is 2. The molecule has 0 atom stereocenters. The van der Waals surface area contributed by atoms with Crippen molar-refractivity contribution in [3.8, 4) is 45.1 Å². The van der Waals surface area contributed by atoms with Crippen molar-refractivity contribution >= 4 is 23.2 Å². The highest BCUT2D eigenvalue weighted by atomic mass is 32.1. The molecule has 156 valence electrons. The van der Waals surface area contributed by atoms with E-state index in [2.05, 4.69) is 21.9 Å². The van der Waals surface area contributed by atoms with E-state index in [-0.39, 0.29) is 18.2 Å². The third-order valence-corrected chi connectivity index (χ3v) is 5.17. The standard InChI is InChI=1S/C21H16N4O5S/c1-12(26)24-25-20(27)10-28-21-15(9-22)14(8-16(23-21)19-3-2-6-31-19)13-4-5-17-18(7-13)30-11-29-17/h2-8H,10-11H2,1H3,(H,24,26)(H,25,27). The summed E-state index contributed by atoms with van der Waals surface area (Å²) in [6.07, 6.45) is 0. The van der Waals surface area contributed by atoms with Gasteiger partial charge in [0.15, 0.2) is 18.1 Å². The molecule has 10 heteroatoms. The normalized spacial score (nSPS) is 11.5. The Bertz CT molecular complexity index is 1190. The highest BCUT2D eigenvalue weighted by Crippen LogP contribution is 2.40. The van der Waals surface area contributed by atoms with Gasteiger partial charge in [0.1, 0.15) is 11.6 Å². The van der Waals surface area contributed by atoms with Crippen LogP contribution in [0, 0.1) is 11.3 Å². The minimum Gasteiger partial charge on any atom is -0.467 e. The molecule has 0 aliphatic carbocycles. The van der Waals surface area contributed by atoms with Crippen molar-refractivity contribution in [2.45, 2.75) is 6.92 Å². The fourth-order valence-electron chi connectivity index (χ4n) is 2.90. The maximum Gasteiger partial charge on any atom is 0.276 e. The van der Waals surface area contributed by atoms with Gasteiger partial charge in [-0.25, -0.2) is 4.98 Å². The van der Waals surface area contributed by atoms with Crippen LogP contribution in [-0.2, 0) is 9.59 Å². The van der Waals surface area contributed by atoms with Crippen molar-refractivity contribution in [2.75, 3.05) is 13.4 Å². The van der Waals surface area contributed by atoms with Crippen molar-refractivity contribution in [3.63, 3.8) is 0 Å². The highest BCUT2D eigenvalue weighted by Gasteiger charge is 2.20. The number of nitriles is 1. The molecular formula is C21H16N4O5S. The van der Waals surface area contributed by atoms with Crippen molar-refractivity contribution in [2.24, 2.45) is 0 Å².